The van der Waals surface area contributed by atoms with Crippen molar-refractivity contribution in [2.24, 2.45) is 0 Å². The first-order chi connectivity index (χ1) is 13.6. The van der Waals surface area contributed by atoms with Crippen molar-refractivity contribution in [3.05, 3.63) is 59.0 Å². The van der Waals surface area contributed by atoms with E-state index < -0.39 is 11.8 Å². The van der Waals surface area contributed by atoms with Gasteiger partial charge in [0.15, 0.2) is 0 Å². The highest BCUT2D eigenvalue weighted by molar-refractivity contribution is 7.10. The Balaban J connectivity index is 1.66. The van der Waals surface area contributed by atoms with Gasteiger partial charge < -0.3 is 20.1 Å². The quantitative estimate of drug-likeness (QED) is 0.594. The minimum Gasteiger partial charge on any atom is -0.497 e. The minimum absolute atomic E-state index is 0.196. The van der Waals surface area contributed by atoms with Gasteiger partial charge in [-0.05, 0) is 29.6 Å². The molecular formula is C19H20N4O4S. The molecule has 28 heavy (non-hydrogen) atoms. The topological polar surface area (TPSA) is 94.5 Å². The molecule has 146 valence electrons. The van der Waals surface area contributed by atoms with Gasteiger partial charge in [-0.1, -0.05) is 6.07 Å². The molecule has 9 heteroatoms. The van der Waals surface area contributed by atoms with E-state index in [0.717, 1.165) is 4.88 Å². The van der Waals surface area contributed by atoms with Crippen LogP contribution in [0.15, 0.2) is 54.2 Å². The molecule has 2 heterocycles. The standard InChI is InChI=1S/C19H20N4O4S/c1-26-13-6-7-16(27-2)14(11-13)22-19(25)18(24)20-12-15(17-5-3-10-28-17)23-9-4-8-21-23/h3-11,15H,12H2,1-2H3,(H,20,24)(H,22,25). The Hall–Kier alpha value is -3.33. The Kier molecular flexibility index (Phi) is 6.28. The maximum atomic E-state index is 12.3. The third kappa shape index (κ3) is 4.49. The molecule has 1 unspecified atom stereocenters. The molecular weight excluding hydrogens is 380 g/mol. The maximum Gasteiger partial charge on any atom is 0.313 e. The van der Waals surface area contributed by atoms with E-state index in [1.807, 2.05) is 29.8 Å². The summed E-state index contributed by atoms with van der Waals surface area (Å²) >= 11 is 1.56. The summed E-state index contributed by atoms with van der Waals surface area (Å²) in [5.74, 6) is -0.585. The molecule has 2 N–H and O–H groups in total. The second-order valence-corrected chi connectivity index (χ2v) is 6.73. The highest BCUT2D eigenvalue weighted by Gasteiger charge is 2.20. The SMILES string of the molecule is COc1ccc(OC)c(NC(=O)C(=O)NCC(c2cccs2)n2cccn2)c1. The smallest absolute Gasteiger partial charge is 0.313 e. The molecule has 0 radical (unpaired) electrons. The number of ether oxygens (including phenoxy) is 2. The van der Waals surface area contributed by atoms with E-state index in [1.165, 1.54) is 14.2 Å². The molecule has 8 nitrogen and oxygen atoms in total. The number of carbonyl (C=O) groups excluding carboxylic acids is 2. The van der Waals surface area contributed by atoms with Crippen molar-refractivity contribution in [2.75, 3.05) is 26.1 Å². The van der Waals surface area contributed by atoms with Crippen molar-refractivity contribution in [3.8, 4) is 11.5 Å². The van der Waals surface area contributed by atoms with E-state index >= 15 is 0 Å². The lowest BCUT2D eigenvalue weighted by molar-refractivity contribution is -0.136. The van der Waals surface area contributed by atoms with Crippen molar-refractivity contribution in [2.45, 2.75) is 6.04 Å². The molecule has 0 aliphatic heterocycles. The predicted molar refractivity (Wildman–Crippen MR) is 106 cm³/mol. The van der Waals surface area contributed by atoms with Crippen LogP contribution < -0.4 is 20.1 Å². The van der Waals surface area contributed by atoms with Crippen LogP contribution in [0, 0.1) is 0 Å². The van der Waals surface area contributed by atoms with Gasteiger partial charge in [0, 0.05) is 29.9 Å². The van der Waals surface area contributed by atoms with Gasteiger partial charge in [-0.3, -0.25) is 14.3 Å². The van der Waals surface area contributed by atoms with E-state index in [-0.39, 0.29) is 12.6 Å². The van der Waals surface area contributed by atoms with Crippen LogP contribution >= 0.6 is 11.3 Å². The molecule has 0 bridgehead atoms. The van der Waals surface area contributed by atoms with Crippen LogP contribution in [0.3, 0.4) is 0 Å². The highest BCUT2D eigenvalue weighted by atomic mass is 32.1. The van der Waals surface area contributed by atoms with Gasteiger partial charge in [0.1, 0.15) is 17.5 Å². The third-order valence-electron chi connectivity index (χ3n) is 4.03. The zero-order valence-electron chi connectivity index (χ0n) is 15.4. The molecule has 0 aliphatic rings. The fourth-order valence-electron chi connectivity index (χ4n) is 2.63. The van der Waals surface area contributed by atoms with Crippen molar-refractivity contribution in [1.29, 1.82) is 0 Å². The number of carbonyl (C=O) groups is 2. The molecule has 0 fully saturated rings. The number of anilines is 1. The maximum absolute atomic E-state index is 12.3. The Bertz CT molecular complexity index is 891. The third-order valence-corrected chi connectivity index (χ3v) is 5.01. The van der Waals surface area contributed by atoms with Crippen LogP contribution in [0.1, 0.15) is 10.9 Å². The van der Waals surface area contributed by atoms with Crippen LogP contribution in [0.25, 0.3) is 0 Å². The van der Waals surface area contributed by atoms with Gasteiger partial charge in [0.25, 0.3) is 0 Å². The first-order valence-electron chi connectivity index (χ1n) is 8.46. The lowest BCUT2D eigenvalue weighted by Crippen LogP contribution is -2.38. The van der Waals surface area contributed by atoms with Crippen LogP contribution in [-0.2, 0) is 9.59 Å². The number of thiophene rings is 1. The number of hydrogen-bond acceptors (Lipinski definition) is 6. The zero-order chi connectivity index (χ0) is 19.9. The fourth-order valence-corrected chi connectivity index (χ4v) is 3.45. The van der Waals surface area contributed by atoms with Gasteiger partial charge in [-0.25, -0.2) is 0 Å². The Morgan fingerprint density at radius 3 is 2.68 bits per heavy atom. The average Bonchev–Trinajstić information content (AvgIpc) is 3.42. The summed E-state index contributed by atoms with van der Waals surface area (Å²) in [6.45, 7) is 0.226. The number of benzene rings is 1. The largest absolute Gasteiger partial charge is 0.497 e. The van der Waals surface area contributed by atoms with Crippen molar-refractivity contribution in [1.82, 2.24) is 15.1 Å². The Morgan fingerprint density at radius 1 is 1.18 bits per heavy atom. The van der Waals surface area contributed by atoms with E-state index in [9.17, 15) is 9.59 Å². The molecule has 1 atom stereocenters. The van der Waals surface area contributed by atoms with Gasteiger partial charge in [-0.2, -0.15) is 5.10 Å². The van der Waals surface area contributed by atoms with E-state index in [1.54, 1.807) is 40.4 Å². The molecule has 0 saturated carbocycles. The van der Waals surface area contributed by atoms with E-state index in [2.05, 4.69) is 15.7 Å². The fraction of sp³-hybridized carbons (Fsp3) is 0.211. The van der Waals surface area contributed by atoms with Crippen LogP contribution in [0.5, 0.6) is 11.5 Å². The molecule has 1 aromatic carbocycles. The summed E-state index contributed by atoms with van der Waals surface area (Å²) in [7, 11) is 2.99. The molecule has 0 spiro atoms. The van der Waals surface area contributed by atoms with Crippen LogP contribution in [-0.4, -0.2) is 42.4 Å². The monoisotopic (exact) mass is 400 g/mol. The normalized spacial score (nSPS) is 11.5. The molecule has 2 aromatic heterocycles. The lowest BCUT2D eigenvalue weighted by Gasteiger charge is -2.17. The van der Waals surface area contributed by atoms with Crippen molar-refractivity contribution >= 4 is 28.8 Å². The summed E-state index contributed by atoms with van der Waals surface area (Å²) in [6, 6.07) is 10.4. The predicted octanol–water partition coefficient (Wildman–Crippen LogP) is 2.31. The van der Waals surface area contributed by atoms with Gasteiger partial charge in [0.05, 0.1) is 19.9 Å². The number of nitrogens with one attached hydrogen (secondary N) is 2. The molecule has 3 rings (SSSR count). The molecule has 0 saturated heterocycles. The van der Waals surface area contributed by atoms with Crippen molar-refractivity contribution in [3.63, 3.8) is 0 Å². The van der Waals surface area contributed by atoms with Crippen molar-refractivity contribution < 1.29 is 19.1 Å². The number of amides is 2. The Labute approximate surface area is 166 Å². The van der Waals surface area contributed by atoms with Gasteiger partial charge >= 0.3 is 11.8 Å². The van der Waals surface area contributed by atoms with E-state index in [0.29, 0.717) is 17.2 Å². The lowest BCUT2D eigenvalue weighted by atomic mass is 10.2. The molecule has 0 aliphatic carbocycles. The summed E-state index contributed by atoms with van der Waals surface area (Å²) < 4.78 is 12.1. The average molecular weight is 400 g/mol. The van der Waals surface area contributed by atoms with Crippen LogP contribution in [0.2, 0.25) is 0 Å². The second kappa shape index (κ2) is 9.05. The molecule has 3 aromatic rings. The number of methoxy groups -OCH3 is 2. The molecule has 2 amide bonds. The zero-order valence-corrected chi connectivity index (χ0v) is 16.2. The second-order valence-electron chi connectivity index (χ2n) is 5.75. The minimum atomic E-state index is -0.794. The summed E-state index contributed by atoms with van der Waals surface area (Å²) in [6.07, 6.45) is 3.49. The highest BCUT2D eigenvalue weighted by Crippen LogP contribution is 2.28. The number of hydrogen-bond donors (Lipinski definition) is 2. The number of aromatic nitrogens is 2. The van der Waals surface area contributed by atoms with Gasteiger partial charge in [0.2, 0.25) is 0 Å². The number of rotatable bonds is 7. The Morgan fingerprint density at radius 2 is 2.04 bits per heavy atom. The van der Waals surface area contributed by atoms with Crippen LogP contribution in [0.4, 0.5) is 5.69 Å². The number of nitrogens with zero attached hydrogens (tertiary/aromatic N) is 2. The summed E-state index contributed by atoms with van der Waals surface area (Å²) in [5.41, 5.74) is 0.351. The van der Waals surface area contributed by atoms with Gasteiger partial charge in [-0.15, -0.1) is 11.3 Å². The summed E-state index contributed by atoms with van der Waals surface area (Å²) in [5, 5.41) is 11.4. The first-order valence-corrected chi connectivity index (χ1v) is 9.34. The summed E-state index contributed by atoms with van der Waals surface area (Å²) in [4.78, 5) is 25.7. The van der Waals surface area contributed by atoms with E-state index in [4.69, 9.17) is 9.47 Å². The first kappa shape index (κ1) is 19.4.